The summed E-state index contributed by atoms with van der Waals surface area (Å²) in [6.45, 7) is 4.16. The van der Waals surface area contributed by atoms with Crippen LogP contribution in [0.4, 0.5) is 5.69 Å². The Bertz CT molecular complexity index is 1790. The molecule has 0 unspecified atom stereocenters. The Morgan fingerprint density at radius 1 is 1.10 bits per heavy atom. The Morgan fingerprint density at radius 3 is 2.51 bits per heavy atom. The number of hydrogen-bond donors (Lipinski definition) is 0. The third kappa shape index (κ3) is 6.14. The Labute approximate surface area is 247 Å². The summed E-state index contributed by atoms with van der Waals surface area (Å²) in [5.41, 5.74) is 4.31. The number of benzene rings is 3. The van der Waals surface area contributed by atoms with Gasteiger partial charge in [0, 0.05) is 24.8 Å². The van der Waals surface area contributed by atoms with Crippen molar-refractivity contribution in [3.8, 4) is 5.75 Å². The summed E-state index contributed by atoms with van der Waals surface area (Å²) in [5, 5.41) is 0.676. The molecule has 41 heavy (non-hydrogen) atoms. The number of hydrogen-bond acceptors (Lipinski definition) is 7. The van der Waals surface area contributed by atoms with Gasteiger partial charge in [-0.1, -0.05) is 59.3 Å². The zero-order valence-electron chi connectivity index (χ0n) is 23.3. The molecule has 1 aliphatic rings. The van der Waals surface area contributed by atoms with Crippen molar-refractivity contribution < 1.29 is 14.3 Å². The van der Waals surface area contributed by atoms with Crippen molar-refractivity contribution in [1.82, 2.24) is 4.57 Å². The van der Waals surface area contributed by atoms with Gasteiger partial charge in [-0.15, -0.1) is 0 Å². The maximum Gasteiger partial charge on any atom is 0.338 e. The molecule has 0 radical (unpaired) electrons. The zero-order chi connectivity index (χ0) is 29.1. The second-order valence-corrected chi connectivity index (χ2v) is 11.2. The minimum atomic E-state index is -0.655. The van der Waals surface area contributed by atoms with E-state index in [1.165, 1.54) is 11.3 Å². The minimum Gasteiger partial charge on any atom is -0.489 e. The molecule has 4 aromatic rings. The van der Waals surface area contributed by atoms with Crippen LogP contribution in [0.15, 0.2) is 93.9 Å². The monoisotopic (exact) mass is 587 g/mol. The average molecular weight is 588 g/mol. The summed E-state index contributed by atoms with van der Waals surface area (Å²) >= 11 is 7.27. The topological polar surface area (TPSA) is 73.1 Å². The van der Waals surface area contributed by atoms with Gasteiger partial charge in [0.1, 0.15) is 12.4 Å². The predicted octanol–water partition coefficient (Wildman–Crippen LogP) is 5.10. The summed E-state index contributed by atoms with van der Waals surface area (Å²) < 4.78 is 13.5. The zero-order valence-corrected chi connectivity index (χ0v) is 24.8. The Morgan fingerprint density at radius 2 is 1.83 bits per heavy atom. The molecule has 5 rings (SSSR count). The second-order valence-electron chi connectivity index (χ2n) is 9.78. The molecule has 0 bridgehead atoms. The lowest BCUT2D eigenvalue weighted by Gasteiger charge is -2.25. The van der Waals surface area contributed by atoms with Gasteiger partial charge in [-0.3, -0.25) is 9.36 Å². The number of aromatic nitrogens is 1. The highest BCUT2D eigenvalue weighted by molar-refractivity contribution is 7.07. The van der Waals surface area contributed by atoms with E-state index in [0.717, 1.165) is 22.4 Å². The van der Waals surface area contributed by atoms with E-state index in [2.05, 4.69) is 4.99 Å². The van der Waals surface area contributed by atoms with Crippen molar-refractivity contribution in [3.05, 3.63) is 125 Å². The van der Waals surface area contributed by atoms with Crippen LogP contribution in [0.1, 0.15) is 36.6 Å². The van der Waals surface area contributed by atoms with Gasteiger partial charge >= 0.3 is 5.97 Å². The number of anilines is 1. The van der Waals surface area contributed by atoms with Crippen LogP contribution in [-0.4, -0.2) is 31.2 Å². The summed E-state index contributed by atoms with van der Waals surface area (Å²) in [6, 6.07) is 22.2. The molecule has 3 aromatic carbocycles. The maximum absolute atomic E-state index is 13.9. The van der Waals surface area contributed by atoms with Crippen LogP contribution in [0.5, 0.6) is 5.75 Å². The number of ether oxygens (including phenoxy) is 2. The molecule has 9 heteroatoms. The number of halogens is 1. The molecule has 0 fully saturated rings. The van der Waals surface area contributed by atoms with Crippen LogP contribution < -0.4 is 24.5 Å². The van der Waals surface area contributed by atoms with E-state index in [1.807, 2.05) is 97.9 Å². The van der Waals surface area contributed by atoms with E-state index in [9.17, 15) is 9.59 Å². The molecule has 1 aliphatic heterocycles. The molecule has 1 atom stereocenters. The first-order valence-electron chi connectivity index (χ1n) is 13.2. The molecule has 0 aliphatic carbocycles. The van der Waals surface area contributed by atoms with Crippen LogP contribution in [0, 0.1) is 0 Å². The molecule has 0 saturated carbocycles. The normalized spacial score (nSPS) is 14.9. The largest absolute Gasteiger partial charge is 0.489 e. The first kappa shape index (κ1) is 28.4. The van der Waals surface area contributed by atoms with Gasteiger partial charge in [0.2, 0.25) is 0 Å². The van der Waals surface area contributed by atoms with Crippen LogP contribution in [-0.2, 0) is 16.1 Å². The standard InChI is InChI=1S/C32H30ClN3O4S/c1-5-39-31(38)28-20(2)34-32-36(29(28)23-11-15-25(16-12-23)35(3)4)30(37)27(41-32)18-22-7-6-8-26(17-22)40-19-21-9-13-24(33)14-10-21/h6-18,29H,5,19H2,1-4H3/b27-18-/t29-/m1/s1. The van der Waals surface area contributed by atoms with Gasteiger partial charge in [-0.2, -0.15) is 0 Å². The predicted molar refractivity (Wildman–Crippen MR) is 163 cm³/mol. The van der Waals surface area contributed by atoms with Crippen molar-refractivity contribution in [2.45, 2.75) is 26.5 Å². The number of rotatable bonds is 8. The van der Waals surface area contributed by atoms with E-state index in [0.29, 0.717) is 38.0 Å². The van der Waals surface area contributed by atoms with Crippen LogP contribution in [0.25, 0.3) is 6.08 Å². The molecule has 0 saturated heterocycles. The molecular weight excluding hydrogens is 558 g/mol. The number of carbonyl (C=O) groups excluding carboxylic acids is 1. The number of carbonyl (C=O) groups is 1. The quantitative estimate of drug-likeness (QED) is 0.268. The van der Waals surface area contributed by atoms with E-state index >= 15 is 0 Å². The van der Waals surface area contributed by atoms with Gasteiger partial charge in [0.05, 0.1) is 28.5 Å². The lowest BCUT2D eigenvalue weighted by molar-refractivity contribution is -0.139. The van der Waals surface area contributed by atoms with Gasteiger partial charge in [-0.25, -0.2) is 9.79 Å². The molecule has 210 valence electrons. The summed E-state index contributed by atoms with van der Waals surface area (Å²) in [4.78, 5) is 34.2. The average Bonchev–Trinajstić information content (AvgIpc) is 3.26. The van der Waals surface area contributed by atoms with Crippen molar-refractivity contribution >= 4 is 40.7 Å². The first-order valence-corrected chi connectivity index (χ1v) is 14.4. The number of allylic oxidation sites excluding steroid dienone is 1. The van der Waals surface area contributed by atoms with Gasteiger partial charge in [0.15, 0.2) is 4.80 Å². The van der Waals surface area contributed by atoms with Crippen LogP contribution in [0.3, 0.4) is 0 Å². The Kier molecular flexibility index (Phi) is 8.42. The highest BCUT2D eigenvalue weighted by Gasteiger charge is 2.33. The van der Waals surface area contributed by atoms with Crippen molar-refractivity contribution in [1.29, 1.82) is 0 Å². The summed E-state index contributed by atoms with van der Waals surface area (Å²) in [6.07, 6.45) is 1.83. The molecule has 0 amide bonds. The SMILES string of the molecule is CCOC(=O)C1=C(C)N=c2s/c(=C\c3cccc(OCc4ccc(Cl)cc4)c3)c(=O)n2[C@@H]1c1ccc(N(C)C)cc1. The highest BCUT2D eigenvalue weighted by atomic mass is 35.5. The fourth-order valence-corrected chi connectivity index (χ4v) is 5.83. The Hall–Kier alpha value is -4.14. The number of esters is 1. The van der Waals surface area contributed by atoms with Crippen molar-refractivity contribution in [2.75, 3.05) is 25.6 Å². The van der Waals surface area contributed by atoms with Crippen LogP contribution >= 0.6 is 22.9 Å². The highest BCUT2D eigenvalue weighted by Crippen LogP contribution is 2.31. The van der Waals surface area contributed by atoms with Gasteiger partial charge < -0.3 is 14.4 Å². The third-order valence-corrected chi connectivity index (χ3v) is 7.95. The van der Waals surface area contributed by atoms with E-state index < -0.39 is 12.0 Å². The van der Waals surface area contributed by atoms with Gasteiger partial charge in [0.25, 0.3) is 5.56 Å². The van der Waals surface area contributed by atoms with E-state index in [4.69, 9.17) is 21.1 Å². The molecule has 1 aromatic heterocycles. The van der Waals surface area contributed by atoms with Crippen molar-refractivity contribution in [2.24, 2.45) is 4.99 Å². The van der Waals surface area contributed by atoms with E-state index in [-0.39, 0.29) is 12.2 Å². The first-order chi connectivity index (χ1) is 19.7. The molecule has 0 spiro atoms. The smallest absolute Gasteiger partial charge is 0.338 e. The number of nitrogens with zero attached hydrogens (tertiary/aromatic N) is 3. The fourth-order valence-electron chi connectivity index (χ4n) is 4.65. The molecular formula is C32H30ClN3O4S. The number of fused-ring (bicyclic) bond motifs is 1. The van der Waals surface area contributed by atoms with Crippen LogP contribution in [0.2, 0.25) is 5.02 Å². The number of thiazole rings is 1. The second kappa shape index (κ2) is 12.2. The lowest BCUT2D eigenvalue weighted by atomic mass is 9.95. The molecule has 7 nitrogen and oxygen atoms in total. The minimum absolute atomic E-state index is 0.225. The fraction of sp³-hybridized carbons (Fsp3) is 0.219. The maximum atomic E-state index is 13.9. The van der Waals surface area contributed by atoms with E-state index in [1.54, 1.807) is 18.4 Å². The summed E-state index contributed by atoms with van der Waals surface area (Å²) in [7, 11) is 3.92. The molecule has 2 heterocycles. The van der Waals surface area contributed by atoms with Gasteiger partial charge in [-0.05, 0) is 73.0 Å². The summed E-state index contributed by atoms with van der Waals surface area (Å²) in [5.74, 6) is 0.205. The Balaban J connectivity index is 1.54. The third-order valence-electron chi connectivity index (χ3n) is 6.72. The molecule has 0 N–H and O–H groups in total. The lowest BCUT2D eigenvalue weighted by Crippen LogP contribution is -2.39. The van der Waals surface area contributed by atoms with Crippen molar-refractivity contribution in [3.63, 3.8) is 0 Å².